The van der Waals surface area contributed by atoms with Crippen molar-refractivity contribution in [3.05, 3.63) is 46.9 Å². The molecule has 1 aromatic carbocycles. The van der Waals surface area contributed by atoms with Gasteiger partial charge in [-0.15, -0.1) is 0 Å². The highest BCUT2D eigenvalue weighted by molar-refractivity contribution is 7.81. The summed E-state index contributed by atoms with van der Waals surface area (Å²) in [6, 6.07) is 4.23. The smallest absolute Gasteiger partial charge is 0.420 e. The molecule has 226 valence electrons. The summed E-state index contributed by atoms with van der Waals surface area (Å²) in [7, 11) is 0. The van der Waals surface area contributed by atoms with Gasteiger partial charge in [-0.3, -0.25) is 14.5 Å². The molecule has 1 aliphatic rings. The molecular formula is C27H29F4N5O5S. The Morgan fingerprint density at radius 2 is 1.83 bits per heavy atom. The third-order valence-corrected chi connectivity index (χ3v) is 6.66. The minimum Gasteiger partial charge on any atom is -0.477 e. The maximum absolute atomic E-state index is 15.2. The van der Waals surface area contributed by atoms with E-state index < -0.39 is 46.2 Å². The SMILES string of the molecule is CCOCCOCCCCOc1ncc(N2C(=S)N(c3ccc(C#N)c(C(F)(F)F)c3F)C(=O)C2(C)C)cc1C(N)=O. The molecule has 2 heterocycles. The molecule has 42 heavy (non-hydrogen) atoms. The molecule has 1 saturated heterocycles. The summed E-state index contributed by atoms with van der Waals surface area (Å²) in [5.74, 6) is -3.64. The Bertz CT molecular complexity index is 1400. The Hall–Kier alpha value is -3.87. The van der Waals surface area contributed by atoms with E-state index in [0.717, 1.165) is 12.1 Å². The number of nitriles is 1. The Morgan fingerprint density at radius 1 is 1.17 bits per heavy atom. The third kappa shape index (κ3) is 6.77. The number of benzene rings is 1. The number of nitrogens with two attached hydrogens (primary N) is 1. The summed E-state index contributed by atoms with van der Waals surface area (Å²) in [5, 5.41) is 8.69. The number of anilines is 2. The number of pyridine rings is 1. The Labute approximate surface area is 244 Å². The standard InChI is InChI=1S/C27H29F4N5O5S/c1-4-39-11-12-40-9-5-6-10-41-23-18(22(33)37)13-17(15-34-23)36-25(42)35(24(38)26(36,2)3)19-8-7-16(14-32)20(21(19)28)27(29,30)31/h7-8,13,15H,4-6,9-12H2,1-3H3,(H2,33,37). The second-order valence-electron chi connectivity index (χ2n) is 9.52. The molecule has 2 N–H and O–H groups in total. The maximum Gasteiger partial charge on any atom is 0.420 e. The van der Waals surface area contributed by atoms with Gasteiger partial charge in [-0.1, -0.05) is 0 Å². The summed E-state index contributed by atoms with van der Waals surface area (Å²) in [5.41, 5.74) is 0.418. The summed E-state index contributed by atoms with van der Waals surface area (Å²) < 4.78 is 72.3. The first kappa shape index (κ1) is 32.6. The fourth-order valence-electron chi connectivity index (χ4n) is 4.24. The van der Waals surface area contributed by atoms with Crippen molar-refractivity contribution < 1.29 is 41.4 Å². The van der Waals surface area contributed by atoms with Crippen molar-refractivity contribution in [1.82, 2.24) is 4.98 Å². The number of halogens is 4. The lowest BCUT2D eigenvalue weighted by Gasteiger charge is -2.29. The Morgan fingerprint density at radius 3 is 2.45 bits per heavy atom. The quantitative estimate of drug-likeness (QED) is 0.200. The van der Waals surface area contributed by atoms with E-state index in [2.05, 4.69) is 4.98 Å². The predicted octanol–water partition coefficient (Wildman–Crippen LogP) is 4.34. The van der Waals surface area contributed by atoms with Gasteiger partial charge in [0.05, 0.1) is 49.0 Å². The van der Waals surface area contributed by atoms with Crippen LogP contribution in [-0.4, -0.2) is 60.5 Å². The van der Waals surface area contributed by atoms with Crippen LogP contribution in [0.5, 0.6) is 5.88 Å². The van der Waals surface area contributed by atoms with Crippen LogP contribution in [0.25, 0.3) is 0 Å². The molecule has 0 aliphatic carbocycles. The maximum atomic E-state index is 15.2. The highest BCUT2D eigenvalue weighted by Gasteiger charge is 2.52. The summed E-state index contributed by atoms with van der Waals surface area (Å²) in [4.78, 5) is 31.6. The topological polar surface area (TPSA) is 131 Å². The van der Waals surface area contributed by atoms with Gasteiger partial charge in [0.2, 0.25) is 5.88 Å². The predicted molar refractivity (Wildman–Crippen MR) is 148 cm³/mol. The third-order valence-electron chi connectivity index (χ3n) is 6.29. The van der Waals surface area contributed by atoms with E-state index in [1.165, 1.54) is 37.1 Å². The number of primary amides is 1. The molecule has 0 radical (unpaired) electrons. The molecule has 0 bridgehead atoms. The van der Waals surface area contributed by atoms with Crippen molar-refractivity contribution >= 4 is 40.5 Å². The molecule has 0 saturated carbocycles. The molecule has 2 aromatic rings. The van der Waals surface area contributed by atoms with Gasteiger partial charge in [0.15, 0.2) is 10.9 Å². The summed E-state index contributed by atoms with van der Waals surface area (Å²) >= 11 is 5.42. The van der Waals surface area contributed by atoms with Crippen molar-refractivity contribution in [2.75, 3.05) is 42.8 Å². The van der Waals surface area contributed by atoms with E-state index in [1.807, 2.05) is 6.92 Å². The highest BCUT2D eigenvalue weighted by Crippen LogP contribution is 2.42. The molecule has 0 spiro atoms. The van der Waals surface area contributed by atoms with Crippen molar-refractivity contribution in [2.45, 2.75) is 45.3 Å². The number of carbonyl (C=O) groups is 2. The first-order valence-corrected chi connectivity index (χ1v) is 13.2. The summed E-state index contributed by atoms with van der Waals surface area (Å²) in [6.07, 6.45) is -2.71. The van der Waals surface area contributed by atoms with Crippen LogP contribution in [0.1, 0.15) is 55.1 Å². The van der Waals surface area contributed by atoms with Gasteiger partial charge in [0, 0.05) is 13.2 Å². The van der Waals surface area contributed by atoms with Crippen LogP contribution in [0.4, 0.5) is 28.9 Å². The molecule has 3 rings (SSSR count). The van der Waals surface area contributed by atoms with Gasteiger partial charge in [0.25, 0.3) is 11.8 Å². The number of carbonyl (C=O) groups excluding carboxylic acids is 2. The van der Waals surface area contributed by atoms with Crippen LogP contribution >= 0.6 is 12.2 Å². The van der Waals surface area contributed by atoms with Crippen LogP contribution in [0.15, 0.2) is 24.4 Å². The zero-order chi connectivity index (χ0) is 31.2. The molecule has 15 heteroatoms. The minimum absolute atomic E-state index is 0.0671. The number of amides is 2. The van der Waals surface area contributed by atoms with E-state index in [-0.39, 0.29) is 28.9 Å². The molecule has 1 aromatic heterocycles. The number of nitrogens with zero attached hydrogens (tertiary/aromatic N) is 4. The fraction of sp³-hybridized carbons (Fsp3) is 0.444. The average molecular weight is 612 g/mol. The molecule has 0 unspecified atom stereocenters. The van der Waals surface area contributed by atoms with E-state index >= 15 is 4.39 Å². The van der Waals surface area contributed by atoms with Crippen molar-refractivity contribution in [2.24, 2.45) is 5.73 Å². The molecule has 2 amide bonds. The lowest BCUT2D eigenvalue weighted by atomic mass is 10.0. The normalized spacial score (nSPS) is 14.8. The first-order chi connectivity index (χ1) is 19.8. The van der Waals surface area contributed by atoms with Crippen molar-refractivity contribution in [3.63, 3.8) is 0 Å². The van der Waals surface area contributed by atoms with Crippen molar-refractivity contribution in [1.29, 1.82) is 5.26 Å². The summed E-state index contributed by atoms with van der Waals surface area (Å²) in [6.45, 7) is 6.99. The zero-order valence-electron chi connectivity index (χ0n) is 23.1. The number of rotatable bonds is 13. The van der Waals surface area contributed by atoms with Crippen LogP contribution < -0.4 is 20.3 Å². The largest absolute Gasteiger partial charge is 0.477 e. The van der Waals surface area contributed by atoms with E-state index in [1.54, 1.807) is 0 Å². The van der Waals surface area contributed by atoms with E-state index in [0.29, 0.717) is 44.2 Å². The average Bonchev–Trinajstić information content (AvgIpc) is 3.09. The van der Waals surface area contributed by atoms with E-state index in [9.17, 15) is 22.8 Å². The van der Waals surface area contributed by atoms with Gasteiger partial charge < -0.3 is 24.8 Å². The van der Waals surface area contributed by atoms with Gasteiger partial charge in [-0.25, -0.2) is 9.37 Å². The molecule has 0 atom stereocenters. The number of hydrogen-bond donors (Lipinski definition) is 1. The van der Waals surface area contributed by atoms with Crippen LogP contribution in [0.2, 0.25) is 0 Å². The second kappa shape index (κ2) is 13.4. The Kier molecular flexibility index (Phi) is 10.4. The fourth-order valence-corrected chi connectivity index (χ4v) is 4.76. The number of alkyl halides is 3. The van der Waals surface area contributed by atoms with Gasteiger partial charge in [0.1, 0.15) is 16.7 Å². The molecular weight excluding hydrogens is 582 g/mol. The molecule has 1 aliphatic heterocycles. The number of hydrogen-bond acceptors (Lipinski definition) is 8. The van der Waals surface area contributed by atoms with Crippen LogP contribution in [0.3, 0.4) is 0 Å². The van der Waals surface area contributed by atoms with Crippen LogP contribution in [0, 0.1) is 17.1 Å². The van der Waals surface area contributed by atoms with E-state index in [4.69, 9.17) is 37.4 Å². The zero-order valence-corrected chi connectivity index (χ0v) is 23.9. The second-order valence-corrected chi connectivity index (χ2v) is 9.89. The first-order valence-electron chi connectivity index (χ1n) is 12.8. The lowest BCUT2D eigenvalue weighted by Crippen LogP contribution is -2.44. The number of ether oxygens (including phenoxy) is 3. The minimum atomic E-state index is -5.21. The highest BCUT2D eigenvalue weighted by atomic mass is 32.1. The number of unbranched alkanes of at least 4 members (excludes halogenated alkanes) is 1. The van der Waals surface area contributed by atoms with Crippen LogP contribution in [-0.2, 0) is 20.4 Å². The molecule has 10 nitrogen and oxygen atoms in total. The number of thiocarbonyl (C=S) groups is 1. The monoisotopic (exact) mass is 611 g/mol. The van der Waals surface area contributed by atoms with Gasteiger partial charge >= 0.3 is 6.18 Å². The van der Waals surface area contributed by atoms with Gasteiger partial charge in [-0.2, -0.15) is 18.4 Å². The van der Waals surface area contributed by atoms with Gasteiger partial charge in [-0.05, 0) is 64.0 Å². The van der Waals surface area contributed by atoms with Crippen molar-refractivity contribution in [3.8, 4) is 11.9 Å². The Balaban J connectivity index is 1.85. The number of aromatic nitrogens is 1. The molecule has 1 fully saturated rings. The lowest BCUT2D eigenvalue weighted by molar-refractivity contribution is -0.140.